The van der Waals surface area contributed by atoms with Crippen molar-refractivity contribution in [1.29, 1.82) is 5.26 Å². The first-order chi connectivity index (χ1) is 5.83. The zero-order chi connectivity index (χ0) is 8.55. The predicted molar refractivity (Wildman–Crippen MR) is 47.9 cm³/mol. The van der Waals surface area contributed by atoms with Gasteiger partial charge in [-0.3, -0.25) is 0 Å². The first-order valence-corrected chi connectivity index (χ1v) is 5.55. The molecule has 2 rings (SSSR count). The molecule has 3 nitrogen and oxygen atoms in total. The number of nitrogens with zero attached hydrogens (tertiary/aromatic N) is 1. The Morgan fingerprint density at radius 2 is 2.42 bits per heavy atom. The third-order valence-corrected chi connectivity index (χ3v) is 4.29. The van der Waals surface area contributed by atoms with E-state index in [9.17, 15) is 0 Å². The molecule has 2 heterocycles. The summed E-state index contributed by atoms with van der Waals surface area (Å²) in [6.45, 7) is 1.91. The van der Waals surface area contributed by atoms with Crippen LogP contribution in [0.4, 0.5) is 4.56 Å². The molecule has 1 aliphatic heterocycles. The van der Waals surface area contributed by atoms with E-state index < -0.39 is 0 Å². The van der Waals surface area contributed by atoms with Crippen molar-refractivity contribution in [3.05, 3.63) is 15.6 Å². The second kappa shape index (κ2) is 2.95. The minimum atomic E-state index is 0.244. The van der Waals surface area contributed by atoms with Crippen molar-refractivity contribution in [3.8, 4) is 6.07 Å². The van der Waals surface area contributed by atoms with E-state index in [-0.39, 0.29) is 14.5 Å². The van der Waals surface area contributed by atoms with Crippen molar-refractivity contribution >= 4 is 19.1 Å². The van der Waals surface area contributed by atoms with E-state index in [1.807, 2.05) is 0 Å². The third kappa shape index (κ3) is 1.07. The molecule has 0 aliphatic carbocycles. The fraction of sp³-hybridized carbons (Fsp3) is 0.375. The van der Waals surface area contributed by atoms with Gasteiger partial charge in [0.25, 0.3) is 0 Å². The molecule has 1 aromatic heterocycles. The molecule has 62 valence electrons. The van der Waals surface area contributed by atoms with Gasteiger partial charge in [-0.1, -0.05) is 0 Å². The van der Waals surface area contributed by atoms with Crippen molar-refractivity contribution in [2.75, 3.05) is 12.3 Å². The minimum absolute atomic E-state index is 0.244. The number of hydrogen-bond donors (Lipinski definition) is 2. The molecule has 0 atom stereocenters. The van der Waals surface area contributed by atoms with Crippen LogP contribution in [-0.4, -0.2) is 21.0 Å². The number of nitrogens with one attached hydrogen (secondary N) is 1. The fourth-order valence-electron chi connectivity index (χ4n) is 1.48. The van der Waals surface area contributed by atoms with Crippen LogP contribution < -0.4 is 11.1 Å². The Morgan fingerprint density at radius 3 is 3.17 bits per heavy atom. The molecule has 0 fully saturated rings. The zero-order valence-corrected chi connectivity index (χ0v) is 8.27. The van der Waals surface area contributed by atoms with Gasteiger partial charge in [-0.25, -0.2) is 0 Å². The fourth-order valence-corrected chi connectivity index (χ4v) is 3.66. The van der Waals surface area contributed by atoms with Gasteiger partial charge >= 0.3 is 76.5 Å². The van der Waals surface area contributed by atoms with Gasteiger partial charge in [-0.15, -0.1) is 0 Å². The number of rotatable bonds is 0. The van der Waals surface area contributed by atoms with Gasteiger partial charge in [-0.2, -0.15) is 0 Å². The maximum atomic E-state index is 8.84. The van der Waals surface area contributed by atoms with Crippen LogP contribution in [0.25, 0.3) is 0 Å². The summed E-state index contributed by atoms with van der Waals surface area (Å²) in [4.78, 5) is 0. The topological polar surface area (TPSA) is 61.8 Å². The van der Waals surface area contributed by atoms with Crippen molar-refractivity contribution in [1.82, 2.24) is 5.32 Å². The molecule has 3 N–H and O–H groups in total. The van der Waals surface area contributed by atoms with Crippen LogP contribution in [0.15, 0.2) is 0 Å². The van der Waals surface area contributed by atoms with Crippen LogP contribution >= 0.6 is 0 Å². The molecular weight excluding hydrogens is 217 g/mol. The molecule has 0 amide bonds. The van der Waals surface area contributed by atoms with Gasteiger partial charge in [0.05, 0.1) is 0 Å². The molecule has 4 heteroatoms. The van der Waals surface area contributed by atoms with Crippen molar-refractivity contribution in [2.45, 2.75) is 13.0 Å². The summed E-state index contributed by atoms with van der Waals surface area (Å²) in [5, 5.41) is 12.1. The van der Waals surface area contributed by atoms with E-state index in [0.29, 0.717) is 0 Å². The number of hydrogen-bond acceptors (Lipinski definition) is 3. The summed E-state index contributed by atoms with van der Waals surface area (Å²) in [5.74, 6) is 0. The number of fused-ring (bicyclic) bond motifs is 1. The Hall–Kier alpha value is -0.751. The van der Waals surface area contributed by atoms with Gasteiger partial charge in [-0.05, 0) is 0 Å². The van der Waals surface area contributed by atoms with E-state index in [1.165, 1.54) is 10.0 Å². The van der Waals surface area contributed by atoms with Crippen LogP contribution in [0.1, 0.15) is 15.6 Å². The number of anilines is 1. The van der Waals surface area contributed by atoms with E-state index in [4.69, 9.17) is 11.0 Å². The Bertz CT molecular complexity index is 348. The van der Waals surface area contributed by atoms with Crippen molar-refractivity contribution in [3.63, 3.8) is 0 Å². The van der Waals surface area contributed by atoms with Crippen LogP contribution in [0, 0.1) is 11.3 Å². The van der Waals surface area contributed by atoms with Crippen LogP contribution in [0.5, 0.6) is 0 Å². The molecule has 0 bridgehead atoms. The van der Waals surface area contributed by atoms with E-state index in [0.717, 1.165) is 29.6 Å². The summed E-state index contributed by atoms with van der Waals surface area (Å²) < 4.78 is 2.20. The van der Waals surface area contributed by atoms with Gasteiger partial charge in [0.15, 0.2) is 0 Å². The molecule has 0 saturated heterocycles. The normalized spacial score (nSPS) is 15.2. The second-order valence-electron chi connectivity index (χ2n) is 2.78. The zero-order valence-electron chi connectivity index (χ0n) is 6.55. The summed E-state index contributed by atoms with van der Waals surface area (Å²) in [5.41, 5.74) is 7.76. The molecule has 0 unspecified atom stereocenters. The van der Waals surface area contributed by atoms with Crippen molar-refractivity contribution < 1.29 is 0 Å². The molecule has 12 heavy (non-hydrogen) atoms. The van der Waals surface area contributed by atoms with Crippen LogP contribution in [-0.2, 0) is 13.0 Å². The molecule has 0 saturated carbocycles. The quantitative estimate of drug-likeness (QED) is 0.604. The molecule has 1 aromatic rings. The first kappa shape index (κ1) is 7.88. The van der Waals surface area contributed by atoms with E-state index in [2.05, 4.69) is 11.4 Å². The van der Waals surface area contributed by atoms with E-state index in [1.54, 1.807) is 0 Å². The SMILES string of the molecule is N#Cc1c(N)[se]c2c1CCNC2. The summed E-state index contributed by atoms with van der Waals surface area (Å²) in [6, 6.07) is 2.20. The summed E-state index contributed by atoms with van der Waals surface area (Å²) in [7, 11) is 0. The Labute approximate surface area is 76.9 Å². The van der Waals surface area contributed by atoms with Crippen molar-refractivity contribution in [2.24, 2.45) is 0 Å². The standard InChI is InChI=1S/C8H9N3Se/c9-3-6-5-1-2-11-4-7(5)12-8(6)10/h11H,1-2,4,10H2. The second-order valence-corrected chi connectivity index (χ2v) is 5.17. The van der Waals surface area contributed by atoms with Crippen LogP contribution in [0.3, 0.4) is 0 Å². The number of nitrogens with two attached hydrogens (primary N) is 1. The van der Waals surface area contributed by atoms with Gasteiger partial charge in [0.1, 0.15) is 0 Å². The predicted octanol–water partition coefficient (Wildman–Crippen LogP) is -0.157. The first-order valence-electron chi connectivity index (χ1n) is 3.83. The monoisotopic (exact) mass is 227 g/mol. The molecule has 0 spiro atoms. The summed E-state index contributed by atoms with van der Waals surface area (Å²) >= 11 is 0.244. The average molecular weight is 226 g/mol. The number of nitriles is 1. The number of nitrogen functional groups attached to an aromatic ring is 1. The van der Waals surface area contributed by atoms with Gasteiger partial charge in [0, 0.05) is 0 Å². The third-order valence-electron chi connectivity index (χ3n) is 2.07. The van der Waals surface area contributed by atoms with Crippen LogP contribution in [0.2, 0.25) is 0 Å². The van der Waals surface area contributed by atoms with Gasteiger partial charge < -0.3 is 0 Å². The Morgan fingerprint density at radius 1 is 1.58 bits per heavy atom. The molecule has 0 radical (unpaired) electrons. The Kier molecular flexibility index (Phi) is 1.93. The molecule has 1 aliphatic rings. The average Bonchev–Trinajstić information content (AvgIpc) is 2.40. The summed E-state index contributed by atoms with van der Waals surface area (Å²) in [6.07, 6.45) is 0.973. The molecular formula is C8H9N3Se. The van der Waals surface area contributed by atoms with E-state index >= 15 is 0 Å². The molecule has 0 aromatic carbocycles. The Balaban J connectivity index is 2.56. The van der Waals surface area contributed by atoms with Gasteiger partial charge in [0.2, 0.25) is 0 Å². The maximum absolute atomic E-state index is 8.84.